The highest BCUT2D eigenvalue weighted by Crippen LogP contribution is 2.05. The Labute approximate surface area is 133 Å². The van der Waals surface area contributed by atoms with Crippen LogP contribution in [0.1, 0.15) is 34.6 Å². The van der Waals surface area contributed by atoms with Crippen LogP contribution in [0.5, 0.6) is 0 Å². The zero-order valence-electron chi connectivity index (χ0n) is 12.7. The molecule has 0 aliphatic rings. The van der Waals surface area contributed by atoms with Crippen LogP contribution >= 0.6 is 24.0 Å². The van der Waals surface area contributed by atoms with Crippen molar-refractivity contribution in [3.63, 3.8) is 0 Å². The summed E-state index contributed by atoms with van der Waals surface area (Å²) in [6, 6.07) is 0.315. The lowest BCUT2D eigenvalue weighted by molar-refractivity contribution is 0.0529. The van der Waals surface area contributed by atoms with Gasteiger partial charge in [-0.25, -0.2) is 4.79 Å². The van der Waals surface area contributed by atoms with Crippen LogP contribution in [-0.4, -0.2) is 43.8 Å². The highest BCUT2D eigenvalue weighted by molar-refractivity contribution is 14.0. The minimum atomic E-state index is -0.466. The fourth-order valence-corrected chi connectivity index (χ4v) is 1.13. The minimum absolute atomic E-state index is 0. The first-order chi connectivity index (χ1) is 8.24. The Balaban J connectivity index is 0. The molecule has 19 heavy (non-hydrogen) atoms. The van der Waals surface area contributed by atoms with Gasteiger partial charge in [0.2, 0.25) is 0 Å². The monoisotopic (exact) mass is 386 g/mol. The Hall–Kier alpha value is -0.730. The van der Waals surface area contributed by atoms with Gasteiger partial charge in [0.1, 0.15) is 5.60 Å². The molecule has 0 aliphatic heterocycles. The molecule has 3 N–H and O–H groups in total. The van der Waals surface area contributed by atoms with Crippen LogP contribution in [0.25, 0.3) is 0 Å². The molecule has 0 heterocycles. The van der Waals surface area contributed by atoms with E-state index in [0.29, 0.717) is 19.1 Å². The number of alkyl carbamates (subject to hydrolysis) is 1. The number of halogens is 1. The second kappa shape index (κ2) is 10.1. The molecule has 0 radical (unpaired) electrons. The molecule has 0 aromatic heterocycles. The summed E-state index contributed by atoms with van der Waals surface area (Å²) in [5.41, 5.74) is -0.466. The predicted octanol–water partition coefficient (Wildman–Crippen LogP) is 1.70. The van der Waals surface area contributed by atoms with Crippen molar-refractivity contribution in [1.29, 1.82) is 0 Å². The van der Waals surface area contributed by atoms with Crippen molar-refractivity contribution in [3.05, 3.63) is 0 Å². The van der Waals surface area contributed by atoms with Crippen molar-refractivity contribution in [1.82, 2.24) is 16.0 Å². The number of carbonyl (C=O) groups excluding carboxylic acids is 1. The normalized spacial score (nSPS) is 11.6. The number of nitrogens with one attached hydrogen (secondary N) is 3. The van der Waals surface area contributed by atoms with Gasteiger partial charge in [0, 0.05) is 26.2 Å². The molecule has 0 spiro atoms. The second-order valence-corrected chi connectivity index (χ2v) is 5.23. The highest BCUT2D eigenvalue weighted by Gasteiger charge is 2.15. The SMILES string of the molecule is CN=C(NCCNC(=O)OC(C)(C)C)NC(C)C.I. The van der Waals surface area contributed by atoms with Gasteiger partial charge in [0.25, 0.3) is 0 Å². The van der Waals surface area contributed by atoms with Gasteiger partial charge >= 0.3 is 6.09 Å². The molecule has 0 atom stereocenters. The summed E-state index contributed by atoms with van der Waals surface area (Å²) in [4.78, 5) is 15.4. The molecule has 1 amide bonds. The third-order valence-corrected chi connectivity index (χ3v) is 1.73. The fourth-order valence-electron chi connectivity index (χ4n) is 1.13. The quantitative estimate of drug-likeness (QED) is 0.298. The number of rotatable bonds is 4. The number of nitrogens with zero attached hydrogens (tertiary/aromatic N) is 1. The number of ether oxygens (including phenoxy) is 1. The van der Waals surface area contributed by atoms with Crippen LogP contribution in [0.15, 0.2) is 4.99 Å². The van der Waals surface area contributed by atoms with E-state index in [1.165, 1.54) is 0 Å². The van der Waals surface area contributed by atoms with Crippen molar-refractivity contribution >= 4 is 36.0 Å². The Bertz CT molecular complexity index is 288. The Morgan fingerprint density at radius 2 is 1.74 bits per heavy atom. The molecule has 114 valence electrons. The van der Waals surface area contributed by atoms with E-state index >= 15 is 0 Å². The molecule has 0 saturated carbocycles. The lowest BCUT2D eigenvalue weighted by Crippen LogP contribution is -2.44. The maximum Gasteiger partial charge on any atom is 0.407 e. The molecule has 0 aromatic rings. The first-order valence-electron chi connectivity index (χ1n) is 6.18. The van der Waals surface area contributed by atoms with Gasteiger partial charge in [0.15, 0.2) is 5.96 Å². The molecule has 0 saturated heterocycles. The fraction of sp³-hybridized carbons (Fsp3) is 0.833. The predicted molar refractivity (Wildman–Crippen MR) is 89.3 cm³/mol. The van der Waals surface area contributed by atoms with Crippen LogP contribution in [0.2, 0.25) is 0 Å². The summed E-state index contributed by atoms with van der Waals surface area (Å²) < 4.78 is 5.11. The minimum Gasteiger partial charge on any atom is -0.444 e. The third-order valence-electron chi connectivity index (χ3n) is 1.73. The molecule has 0 unspecified atom stereocenters. The molecular weight excluding hydrogens is 359 g/mol. The van der Waals surface area contributed by atoms with Crippen LogP contribution < -0.4 is 16.0 Å². The number of guanidine groups is 1. The summed E-state index contributed by atoms with van der Waals surface area (Å²) in [6.07, 6.45) is -0.406. The van der Waals surface area contributed by atoms with Crippen LogP contribution in [-0.2, 0) is 4.74 Å². The van der Waals surface area contributed by atoms with Gasteiger partial charge in [0.05, 0.1) is 0 Å². The molecule has 6 nitrogen and oxygen atoms in total. The summed E-state index contributed by atoms with van der Waals surface area (Å²) in [5, 5.41) is 8.90. The maximum atomic E-state index is 11.3. The topological polar surface area (TPSA) is 74.8 Å². The number of carbonyl (C=O) groups is 1. The summed E-state index contributed by atoms with van der Waals surface area (Å²) >= 11 is 0. The van der Waals surface area contributed by atoms with Crippen LogP contribution in [0, 0.1) is 0 Å². The number of hydrogen-bond acceptors (Lipinski definition) is 3. The van der Waals surface area contributed by atoms with Gasteiger partial charge in [-0.1, -0.05) is 0 Å². The molecule has 7 heteroatoms. The second-order valence-electron chi connectivity index (χ2n) is 5.23. The van der Waals surface area contributed by atoms with Gasteiger partial charge in [-0.05, 0) is 34.6 Å². The smallest absolute Gasteiger partial charge is 0.407 e. The Morgan fingerprint density at radius 3 is 2.16 bits per heavy atom. The summed E-state index contributed by atoms with van der Waals surface area (Å²) in [6.45, 7) is 10.6. The lowest BCUT2D eigenvalue weighted by atomic mass is 10.2. The average molecular weight is 386 g/mol. The Kier molecular flexibility index (Phi) is 10.9. The van der Waals surface area contributed by atoms with Crippen molar-refractivity contribution in [3.8, 4) is 0 Å². The molecule has 0 aromatic carbocycles. The number of hydrogen-bond donors (Lipinski definition) is 3. The van der Waals surface area contributed by atoms with E-state index in [1.807, 2.05) is 34.6 Å². The first kappa shape index (κ1) is 20.6. The summed E-state index contributed by atoms with van der Waals surface area (Å²) in [5.74, 6) is 0.719. The zero-order chi connectivity index (χ0) is 14.2. The van der Waals surface area contributed by atoms with Gasteiger partial charge in [-0.2, -0.15) is 0 Å². The van der Waals surface area contributed by atoms with E-state index in [-0.39, 0.29) is 24.0 Å². The maximum absolute atomic E-state index is 11.3. The van der Waals surface area contributed by atoms with E-state index < -0.39 is 11.7 Å². The highest BCUT2D eigenvalue weighted by atomic mass is 127. The molecule has 0 bridgehead atoms. The van der Waals surface area contributed by atoms with Crippen molar-refractivity contribution in [2.24, 2.45) is 4.99 Å². The van der Waals surface area contributed by atoms with Crippen molar-refractivity contribution < 1.29 is 9.53 Å². The van der Waals surface area contributed by atoms with Crippen LogP contribution in [0.3, 0.4) is 0 Å². The third kappa shape index (κ3) is 13.5. The van der Waals surface area contributed by atoms with Crippen molar-refractivity contribution in [2.45, 2.75) is 46.3 Å². The van der Waals surface area contributed by atoms with E-state index in [1.54, 1.807) is 7.05 Å². The zero-order valence-corrected chi connectivity index (χ0v) is 15.0. The van der Waals surface area contributed by atoms with Gasteiger partial charge < -0.3 is 20.7 Å². The van der Waals surface area contributed by atoms with E-state index in [9.17, 15) is 4.79 Å². The summed E-state index contributed by atoms with van der Waals surface area (Å²) in [7, 11) is 1.71. The molecule has 0 fully saturated rings. The lowest BCUT2D eigenvalue weighted by Gasteiger charge is -2.20. The van der Waals surface area contributed by atoms with Crippen molar-refractivity contribution in [2.75, 3.05) is 20.1 Å². The largest absolute Gasteiger partial charge is 0.444 e. The van der Waals surface area contributed by atoms with E-state index in [2.05, 4.69) is 20.9 Å². The number of aliphatic imine (C=N–C) groups is 1. The van der Waals surface area contributed by atoms with E-state index in [0.717, 1.165) is 5.96 Å². The molecular formula is C12H27IN4O2. The first-order valence-corrected chi connectivity index (χ1v) is 6.18. The molecule has 0 rings (SSSR count). The van der Waals surface area contributed by atoms with Gasteiger partial charge in [-0.15, -0.1) is 24.0 Å². The average Bonchev–Trinajstić information content (AvgIpc) is 2.19. The standard InChI is InChI=1S/C12H26N4O2.HI/c1-9(2)16-10(13-6)14-7-8-15-11(17)18-12(3,4)5;/h9H,7-8H2,1-6H3,(H,15,17)(H2,13,14,16);1H. The van der Waals surface area contributed by atoms with E-state index in [4.69, 9.17) is 4.74 Å². The van der Waals surface area contributed by atoms with Crippen LogP contribution in [0.4, 0.5) is 4.79 Å². The van der Waals surface area contributed by atoms with Gasteiger partial charge in [-0.3, -0.25) is 4.99 Å². The molecule has 0 aliphatic carbocycles. The number of amides is 1. The Morgan fingerprint density at radius 1 is 1.21 bits per heavy atom.